The minimum Gasteiger partial charge on any atom is -0.485 e. The van der Waals surface area contributed by atoms with Crippen LogP contribution in [0, 0.1) is 20.8 Å². The molecule has 3 aliphatic heterocycles. The van der Waals surface area contributed by atoms with E-state index in [9.17, 15) is 24.0 Å². The van der Waals surface area contributed by atoms with Crippen molar-refractivity contribution in [1.29, 1.82) is 0 Å². The van der Waals surface area contributed by atoms with Crippen LogP contribution < -0.4 is 15.4 Å². The number of unbranched alkanes of at least 4 members (excludes halogenated alkanes) is 2. The molecule has 1 fully saturated rings. The summed E-state index contributed by atoms with van der Waals surface area (Å²) in [5, 5.41) is 15.6. The number of thiophene rings is 1. The Morgan fingerprint density at radius 2 is 1.87 bits per heavy atom. The Morgan fingerprint density at radius 1 is 1.07 bits per heavy atom. The van der Waals surface area contributed by atoms with Crippen molar-refractivity contribution in [2.45, 2.75) is 84.3 Å². The number of fused-ring (bicyclic) bond motifs is 4. The van der Waals surface area contributed by atoms with E-state index in [1.165, 1.54) is 0 Å². The summed E-state index contributed by atoms with van der Waals surface area (Å²) in [6.45, 7) is 6.26. The number of carbonyl (C=O) groups is 5. The smallest absolute Gasteiger partial charge is 0.255 e. The molecular weight excluding hydrogens is 730 g/mol. The molecule has 0 spiro atoms. The van der Waals surface area contributed by atoms with Crippen LogP contribution >= 0.6 is 22.9 Å². The van der Waals surface area contributed by atoms with Crippen molar-refractivity contribution >= 4 is 58.1 Å². The van der Waals surface area contributed by atoms with Crippen molar-refractivity contribution in [3.63, 3.8) is 0 Å². The molecule has 2 unspecified atom stereocenters. The zero-order valence-electron chi connectivity index (χ0n) is 31.2. The summed E-state index contributed by atoms with van der Waals surface area (Å²) in [6.07, 6.45) is 2.21. The Labute approximate surface area is 322 Å². The number of rotatable bonds is 13. The topological polar surface area (TPSA) is 165 Å². The maximum Gasteiger partial charge on any atom is 0.255 e. The number of halogens is 1. The van der Waals surface area contributed by atoms with Crippen molar-refractivity contribution in [1.82, 2.24) is 30.3 Å². The van der Waals surface area contributed by atoms with Gasteiger partial charge in [-0.15, -0.1) is 21.5 Å². The van der Waals surface area contributed by atoms with Gasteiger partial charge in [0.05, 0.1) is 20.0 Å². The number of imide groups is 1. The first kappa shape index (κ1) is 35.8. The SMILES string of the molecule is [2H]C1(N2Cc3c(OCC(=O)CCCCCNC(=O)CC4N=C(c5ccc(Cl)cc5)c5c(sc(C)c5C)-n5c(C)nnc54)cccc3C2=O)CCC(=O)NC1=O. The number of piperidine rings is 1. The molecule has 280 valence electrons. The van der Waals surface area contributed by atoms with Crippen LogP contribution in [0.15, 0.2) is 47.5 Å². The molecule has 0 aliphatic carbocycles. The van der Waals surface area contributed by atoms with Gasteiger partial charge in [0, 0.05) is 51.5 Å². The van der Waals surface area contributed by atoms with E-state index >= 15 is 0 Å². The summed E-state index contributed by atoms with van der Waals surface area (Å²) in [4.78, 5) is 70.8. The number of hydrogen-bond donors (Lipinski definition) is 2. The molecule has 1 saturated heterocycles. The van der Waals surface area contributed by atoms with Gasteiger partial charge in [-0.25, -0.2) is 0 Å². The van der Waals surface area contributed by atoms with E-state index in [1.54, 1.807) is 29.5 Å². The minimum absolute atomic E-state index is 0.0390. The quantitative estimate of drug-likeness (QED) is 0.137. The molecule has 5 heterocycles. The van der Waals surface area contributed by atoms with Gasteiger partial charge in [0.25, 0.3) is 5.91 Å². The summed E-state index contributed by atoms with van der Waals surface area (Å²) >= 11 is 7.87. The average Bonchev–Trinajstić information content (AvgIpc) is 3.78. The van der Waals surface area contributed by atoms with E-state index in [2.05, 4.69) is 34.7 Å². The zero-order valence-corrected chi connectivity index (χ0v) is 31.7. The van der Waals surface area contributed by atoms with E-state index in [4.69, 9.17) is 22.7 Å². The fraction of sp³-hybridized carbons (Fsp3) is 0.385. The predicted molar refractivity (Wildman–Crippen MR) is 202 cm³/mol. The van der Waals surface area contributed by atoms with Crippen LogP contribution in [-0.4, -0.2) is 74.0 Å². The fourth-order valence-electron chi connectivity index (χ4n) is 6.98. The van der Waals surface area contributed by atoms with Gasteiger partial charge in [-0.05, 0) is 69.9 Å². The summed E-state index contributed by atoms with van der Waals surface area (Å²) in [5.74, 6) is -0.416. The number of ether oxygens (including phenoxy) is 1. The normalized spacial score (nSPS) is 19.3. The number of benzene rings is 2. The van der Waals surface area contributed by atoms with Crippen LogP contribution in [0.25, 0.3) is 5.00 Å². The van der Waals surface area contributed by atoms with Crippen molar-refractivity contribution in [3.8, 4) is 10.8 Å². The monoisotopic (exact) mass is 770 g/mol. The number of nitrogens with one attached hydrogen (secondary N) is 2. The number of Topliss-reactive ketones (excluding diaryl/α,β-unsaturated/α-hetero) is 1. The highest BCUT2D eigenvalue weighted by Crippen LogP contribution is 2.40. The Balaban J connectivity index is 0.901. The van der Waals surface area contributed by atoms with Crippen LogP contribution in [0.1, 0.15) is 101 Å². The van der Waals surface area contributed by atoms with Gasteiger partial charge in [0.15, 0.2) is 11.6 Å². The first-order chi connectivity index (χ1) is 26.4. The Hall–Kier alpha value is -5.21. The molecule has 4 aromatic rings. The number of nitrogens with zero attached hydrogens (tertiary/aromatic N) is 5. The molecule has 3 aliphatic rings. The molecular formula is C39H40ClN7O6S. The number of ketones is 1. The van der Waals surface area contributed by atoms with Crippen LogP contribution in [0.3, 0.4) is 0 Å². The van der Waals surface area contributed by atoms with Gasteiger partial charge in [0.2, 0.25) is 17.7 Å². The minimum atomic E-state index is -1.91. The molecule has 0 radical (unpaired) electrons. The summed E-state index contributed by atoms with van der Waals surface area (Å²) < 4.78 is 16.5. The highest BCUT2D eigenvalue weighted by atomic mass is 35.5. The van der Waals surface area contributed by atoms with E-state index < -0.39 is 29.8 Å². The summed E-state index contributed by atoms with van der Waals surface area (Å²) in [7, 11) is 0. The molecule has 13 nitrogen and oxygen atoms in total. The maximum atomic E-state index is 13.3. The van der Waals surface area contributed by atoms with Crippen LogP contribution in [0.2, 0.25) is 5.02 Å². The highest BCUT2D eigenvalue weighted by Gasteiger charge is 2.40. The van der Waals surface area contributed by atoms with E-state index in [-0.39, 0.29) is 50.5 Å². The number of aromatic nitrogens is 3. The van der Waals surface area contributed by atoms with Crippen molar-refractivity contribution in [3.05, 3.63) is 91.8 Å². The maximum absolute atomic E-state index is 13.3. The van der Waals surface area contributed by atoms with Crippen molar-refractivity contribution in [2.75, 3.05) is 13.2 Å². The lowest BCUT2D eigenvalue weighted by Crippen LogP contribution is -2.52. The zero-order chi connectivity index (χ0) is 39.0. The summed E-state index contributed by atoms with van der Waals surface area (Å²) in [6, 6.07) is 9.94. The molecule has 0 saturated carbocycles. The molecule has 7 rings (SSSR count). The highest BCUT2D eigenvalue weighted by molar-refractivity contribution is 7.15. The Bertz CT molecular complexity index is 2250. The fourth-order valence-corrected chi connectivity index (χ4v) is 8.32. The van der Waals surface area contributed by atoms with Gasteiger partial charge in [-0.1, -0.05) is 36.2 Å². The molecule has 54 heavy (non-hydrogen) atoms. The van der Waals surface area contributed by atoms with Gasteiger partial charge >= 0.3 is 0 Å². The average molecular weight is 771 g/mol. The number of aliphatic imine (C=N–C) groups is 1. The first-order valence-electron chi connectivity index (χ1n) is 18.4. The molecule has 2 aromatic carbocycles. The van der Waals surface area contributed by atoms with E-state index in [1.807, 2.05) is 35.8 Å². The van der Waals surface area contributed by atoms with E-state index in [0.717, 1.165) is 43.0 Å². The second-order valence-electron chi connectivity index (χ2n) is 13.6. The second kappa shape index (κ2) is 15.6. The lowest BCUT2D eigenvalue weighted by molar-refractivity contribution is -0.137. The predicted octanol–water partition coefficient (Wildman–Crippen LogP) is 5.28. The number of hydrogen-bond acceptors (Lipinski definition) is 10. The molecule has 15 heteroatoms. The van der Waals surface area contributed by atoms with Gasteiger partial charge < -0.3 is 15.0 Å². The van der Waals surface area contributed by atoms with Crippen LogP contribution in [0.4, 0.5) is 0 Å². The van der Waals surface area contributed by atoms with Gasteiger partial charge in [-0.2, -0.15) is 0 Å². The lowest BCUT2D eigenvalue weighted by atomic mass is 9.99. The molecule has 2 atom stereocenters. The number of carbonyl (C=O) groups excluding carboxylic acids is 5. The van der Waals surface area contributed by atoms with E-state index in [0.29, 0.717) is 53.5 Å². The van der Waals surface area contributed by atoms with Gasteiger partial charge in [0.1, 0.15) is 35.2 Å². The Kier molecular flexibility index (Phi) is 10.4. The lowest BCUT2D eigenvalue weighted by Gasteiger charge is -2.29. The number of amides is 4. The third-order valence-corrected chi connectivity index (χ3v) is 11.4. The third kappa shape index (κ3) is 7.45. The second-order valence-corrected chi connectivity index (χ2v) is 15.2. The van der Waals surface area contributed by atoms with Gasteiger partial charge in [-0.3, -0.25) is 38.8 Å². The van der Waals surface area contributed by atoms with Crippen LogP contribution in [0.5, 0.6) is 5.75 Å². The molecule has 0 bridgehead atoms. The summed E-state index contributed by atoms with van der Waals surface area (Å²) in [5.41, 5.74) is 4.59. The Morgan fingerprint density at radius 3 is 2.65 bits per heavy atom. The third-order valence-electron chi connectivity index (χ3n) is 9.93. The van der Waals surface area contributed by atoms with Crippen LogP contribution in [-0.2, 0) is 25.7 Å². The standard InChI is InChI=1S/C39H40ClN7O6S/c1-21-22(2)54-39-34(21)35(24-11-13-25(40)14-12-24)42-29(36-45-44-23(3)47(36)39)18-33(50)41-17-6-4-5-8-26(48)20-53-31-10-7-9-27-28(31)19-46(38(27)52)30-15-16-32(49)43-37(30)51/h7,9-14,29-30H,4-6,8,15-20H2,1-3H3,(H,41,50)(H,43,49,51)/i30D. The molecule has 4 amide bonds. The molecule has 2 N–H and O–H groups in total. The first-order valence-corrected chi connectivity index (χ1v) is 19.1. The number of aryl methyl sites for hydroxylation is 2. The van der Waals surface area contributed by atoms with Crippen molar-refractivity contribution < 1.29 is 30.1 Å². The largest absolute Gasteiger partial charge is 0.485 e. The molecule has 2 aromatic heterocycles. The van der Waals surface area contributed by atoms with Crippen molar-refractivity contribution in [2.24, 2.45) is 4.99 Å².